The van der Waals surface area contributed by atoms with E-state index in [2.05, 4.69) is 21.6 Å². The maximum absolute atomic E-state index is 13.7. The molecule has 1 aromatic heterocycles. The lowest BCUT2D eigenvalue weighted by Crippen LogP contribution is -2.37. The number of carbonyl (C=O) groups excluding carboxylic acids is 1. The van der Waals surface area contributed by atoms with Crippen molar-refractivity contribution in [1.82, 2.24) is 15.3 Å². The molecule has 1 aromatic carbocycles. The minimum Gasteiger partial charge on any atom is -0.378 e. The fourth-order valence-corrected chi connectivity index (χ4v) is 7.18. The van der Waals surface area contributed by atoms with E-state index < -0.39 is 10.8 Å². The van der Waals surface area contributed by atoms with Crippen molar-refractivity contribution < 1.29 is 13.7 Å². The Balaban J connectivity index is 1.44. The average molecular weight is 498 g/mol. The third-order valence-corrected chi connectivity index (χ3v) is 9.61. The van der Waals surface area contributed by atoms with Gasteiger partial charge in [0.1, 0.15) is 5.82 Å². The number of urea groups is 1. The minimum atomic E-state index is -0.925. The number of morpholine rings is 1. The molecule has 1 aliphatic heterocycles. The summed E-state index contributed by atoms with van der Waals surface area (Å²) in [5.41, 5.74) is 2.51. The summed E-state index contributed by atoms with van der Waals surface area (Å²) in [6.45, 7) is 5.57. The Labute approximate surface area is 209 Å². The van der Waals surface area contributed by atoms with E-state index in [1.807, 2.05) is 31.2 Å². The molecular formula is C26H35N5O3S. The number of hydrogen-bond acceptors (Lipinski definition) is 6. The van der Waals surface area contributed by atoms with Crippen LogP contribution in [0.4, 0.5) is 16.3 Å². The molecule has 2 aromatic rings. The third-order valence-electron chi connectivity index (χ3n) is 7.15. The Hall–Kier alpha value is -2.52. The van der Waals surface area contributed by atoms with E-state index in [1.54, 1.807) is 0 Å². The summed E-state index contributed by atoms with van der Waals surface area (Å²) >= 11 is 0. The minimum absolute atomic E-state index is 0.211. The van der Waals surface area contributed by atoms with Gasteiger partial charge in [0.2, 0.25) is 0 Å². The lowest BCUT2D eigenvalue weighted by Gasteiger charge is -2.29. The van der Waals surface area contributed by atoms with E-state index in [1.165, 1.54) is 12.8 Å². The molecule has 2 aliphatic carbocycles. The van der Waals surface area contributed by atoms with Gasteiger partial charge in [0.25, 0.3) is 0 Å². The van der Waals surface area contributed by atoms with Gasteiger partial charge in [-0.25, -0.2) is 14.8 Å². The second kappa shape index (κ2) is 10.6. The number of aromatic nitrogens is 2. The van der Waals surface area contributed by atoms with E-state index in [4.69, 9.17) is 14.7 Å². The van der Waals surface area contributed by atoms with Crippen molar-refractivity contribution in [2.45, 2.75) is 61.9 Å². The van der Waals surface area contributed by atoms with Gasteiger partial charge in [-0.05, 0) is 56.4 Å². The number of rotatable bonds is 8. The van der Waals surface area contributed by atoms with Crippen LogP contribution in [0.2, 0.25) is 0 Å². The molecule has 1 atom stereocenters. The van der Waals surface area contributed by atoms with E-state index >= 15 is 0 Å². The third kappa shape index (κ3) is 5.35. The Morgan fingerprint density at radius 2 is 1.86 bits per heavy atom. The second-order valence-electron chi connectivity index (χ2n) is 9.69. The quantitative estimate of drug-likeness (QED) is 0.568. The van der Waals surface area contributed by atoms with Crippen LogP contribution >= 0.6 is 0 Å². The molecule has 2 saturated carbocycles. The largest absolute Gasteiger partial charge is 0.378 e. The molecule has 188 valence electrons. The predicted molar refractivity (Wildman–Crippen MR) is 139 cm³/mol. The molecule has 35 heavy (non-hydrogen) atoms. The van der Waals surface area contributed by atoms with Crippen molar-refractivity contribution in [2.24, 2.45) is 0 Å². The Morgan fingerprint density at radius 3 is 2.51 bits per heavy atom. The van der Waals surface area contributed by atoms with Gasteiger partial charge in [0.05, 0.1) is 23.7 Å². The Morgan fingerprint density at radius 1 is 1.14 bits per heavy atom. The molecule has 1 unspecified atom stereocenters. The van der Waals surface area contributed by atoms with Gasteiger partial charge in [-0.1, -0.05) is 19.8 Å². The van der Waals surface area contributed by atoms with E-state index in [0.29, 0.717) is 31.3 Å². The first kappa shape index (κ1) is 24.2. The normalized spacial score (nSPS) is 20.4. The number of benzene rings is 1. The maximum atomic E-state index is 13.7. The highest BCUT2D eigenvalue weighted by molar-refractivity contribution is 7.87. The highest BCUT2D eigenvalue weighted by Crippen LogP contribution is 2.53. The van der Waals surface area contributed by atoms with Crippen LogP contribution in [-0.2, 0) is 20.3 Å². The van der Waals surface area contributed by atoms with E-state index in [0.717, 1.165) is 62.3 Å². The summed E-state index contributed by atoms with van der Waals surface area (Å²) in [5.74, 6) is 1.52. The van der Waals surface area contributed by atoms with Gasteiger partial charge in [-0.3, -0.25) is 4.21 Å². The molecule has 3 aliphatic rings. The monoisotopic (exact) mass is 497 g/mol. The zero-order chi connectivity index (χ0) is 24.3. The van der Waals surface area contributed by atoms with Crippen LogP contribution in [0.3, 0.4) is 0 Å². The molecule has 5 rings (SSSR count). The van der Waals surface area contributed by atoms with Crippen molar-refractivity contribution in [3.63, 3.8) is 0 Å². The Bertz CT molecular complexity index is 1060. The molecule has 2 heterocycles. The van der Waals surface area contributed by atoms with Crippen LogP contribution in [0.5, 0.6) is 0 Å². The van der Waals surface area contributed by atoms with Gasteiger partial charge in [0, 0.05) is 53.0 Å². The first-order valence-corrected chi connectivity index (χ1v) is 14.1. The highest BCUT2D eigenvalue weighted by Gasteiger charge is 2.54. The van der Waals surface area contributed by atoms with E-state index in [-0.39, 0.29) is 16.0 Å². The van der Waals surface area contributed by atoms with Crippen LogP contribution in [0.1, 0.15) is 57.6 Å². The highest BCUT2D eigenvalue weighted by atomic mass is 32.2. The average Bonchev–Trinajstić information content (AvgIpc) is 3.53. The zero-order valence-corrected chi connectivity index (χ0v) is 21.2. The van der Waals surface area contributed by atoms with E-state index in [9.17, 15) is 9.00 Å². The van der Waals surface area contributed by atoms with Crippen LogP contribution in [0.25, 0.3) is 11.4 Å². The number of carbonyl (C=O) groups is 1. The lowest BCUT2D eigenvalue weighted by molar-refractivity contribution is 0.122. The summed E-state index contributed by atoms with van der Waals surface area (Å²) in [4.78, 5) is 24.1. The topological polar surface area (TPSA) is 96.5 Å². The summed E-state index contributed by atoms with van der Waals surface area (Å²) in [7, 11) is -0.925. The molecule has 8 nitrogen and oxygen atoms in total. The zero-order valence-electron chi connectivity index (χ0n) is 20.4. The molecule has 0 spiro atoms. The summed E-state index contributed by atoms with van der Waals surface area (Å²) < 4.78 is 18.9. The fourth-order valence-electron chi connectivity index (χ4n) is 4.96. The maximum Gasteiger partial charge on any atom is 0.319 e. The van der Waals surface area contributed by atoms with Crippen molar-refractivity contribution in [1.29, 1.82) is 0 Å². The molecule has 0 bridgehead atoms. The summed E-state index contributed by atoms with van der Waals surface area (Å²) in [5, 5.41) is 5.96. The summed E-state index contributed by atoms with van der Waals surface area (Å²) in [6.07, 6.45) is 7.20. The first-order valence-electron chi connectivity index (χ1n) is 12.9. The predicted octanol–water partition coefficient (Wildman–Crippen LogP) is 4.19. The molecule has 0 radical (unpaired) electrons. The van der Waals surface area contributed by atoms with Gasteiger partial charge in [0.15, 0.2) is 5.82 Å². The number of hydrogen-bond donors (Lipinski definition) is 2. The van der Waals surface area contributed by atoms with Crippen molar-refractivity contribution in [2.75, 3.05) is 43.1 Å². The van der Waals surface area contributed by atoms with Gasteiger partial charge in [-0.2, -0.15) is 0 Å². The first-order chi connectivity index (χ1) is 17.1. The molecule has 3 fully saturated rings. The number of anilines is 2. The van der Waals surface area contributed by atoms with Crippen LogP contribution < -0.4 is 15.5 Å². The fraction of sp³-hybridized carbons (Fsp3) is 0.577. The van der Waals surface area contributed by atoms with Gasteiger partial charge in [-0.15, -0.1) is 0 Å². The molecule has 9 heteroatoms. The molecule has 1 saturated heterocycles. The second-order valence-corrected chi connectivity index (χ2v) is 11.7. The van der Waals surface area contributed by atoms with Crippen molar-refractivity contribution in [3.05, 3.63) is 36.0 Å². The lowest BCUT2D eigenvalue weighted by atomic mass is 10.1. The molecular weight excluding hydrogens is 462 g/mol. The molecule has 2 amide bonds. The molecule has 2 N–H and O–H groups in total. The van der Waals surface area contributed by atoms with Crippen molar-refractivity contribution in [3.8, 4) is 11.4 Å². The van der Waals surface area contributed by atoms with Gasteiger partial charge < -0.3 is 20.3 Å². The number of nitrogens with one attached hydrogen (secondary N) is 2. The number of nitrogens with zero attached hydrogens (tertiary/aromatic N) is 3. The van der Waals surface area contributed by atoms with Crippen molar-refractivity contribution >= 4 is 28.3 Å². The SMILES string of the molecule is CCCNC(=O)Nc1ccc(-c2nc(N3CCOCC3)cc(C3(S(=O)C4CCCC4)CC3)n2)cc1. The van der Waals surface area contributed by atoms with Crippen LogP contribution in [0, 0.1) is 0 Å². The number of amides is 2. The smallest absolute Gasteiger partial charge is 0.319 e. The van der Waals surface area contributed by atoms with Crippen LogP contribution in [0.15, 0.2) is 30.3 Å². The van der Waals surface area contributed by atoms with Gasteiger partial charge >= 0.3 is 6.03 Å². The summed E-state index contributed by atoms with van der Waals surface area (Å²) in [6, 6.07) is 9.47. The Kier molecular flexibility index (Phi) is 7.34. The van der Waals surface area contributed by atoms with Crippen LogP contribution in [-0.4, -0.2) is 58.3 Å². The number of ether oxygens (including phenoxy) is 1. The standard InChI is InChI=1S/C26H35N5O3S/c1-2-13-27-25(32)28-20-9-7-19(8-10-20)24-29-22(18-23(30-24)31-14-16-34-17-15-31)26(11-12-26)35(33)21-5-3-4-6-21/h7-10,18,21H,2-6,11-17H2,1H3,(H2,27,28,32).